The van der Waals surface area contributed by atoms with E-state index in [1.807, 2.05) is 4.90 Å². The fourth-order valence-electron chi connectivity index (χ4n) is 1.54. The van der Waals surface area contributed by atoms with Crippen molar-refractivity contribution in [3.63, 3.8) is 0 Å². The second-order valence-corrected chi connectivity index (χ2v) is 3.41. The predicted octanol–water partition coefficient (Wildman–Crippen LogP) is 0.438. The second-order valence-electron chi connectivity index (χ2n) is 3.41. The van der Waals surface area contributed by atoms with Crippen molar-refractivity contribution in [1.82, 2.24) is 4.90 Å². The largest absolute Gasteiger partial charge is 0.366 e. The lowest BCUT2D eigenvalue weighted by Gasteiger charge is -2.19. The van der Waals surface area contributed by atoms with Crippen LogP contribution < -0.4 is 11.6 Å². The molecule has 84 valence electrons. The quantitative estimate of drug-likeness (QED) is 0.177. The van der Waals surface area contributed by atoms with Crippen LogP contribution >= 0.6 is 0 Å². The van der Waals surface area contributed by atoms with E-state index in [4.69, 9.17) is 17.0 Å². The maximum Gasteiger partial charge on any atom is 0.245 e. The van der Waals surface area contributed by atoms with E-state index in [-0.39, 0.29) is 11.9 Å². The summed E-state index contributed by atoms with van der Waals surface area (Å²) in [7, 11) is 0. The van der Waals surface area contributed by atoms with Crippen molar-refractivity contribution >= 4 is 11.9 Å². The molecule has 0 bridgehead atoms. The molecule has 1 rings (SSSR count). The number of nitrogens with one attached hydrogen (secondary N) is 1. The van der Waals surface area contributed by atoms with Gasteiger partial charge in [0, 0.05) is 13.1 Å². The smallest absolute Gasteiger partial charge is 0.245 e. The fraction of sp³-hybridized carbons (Fsp3) is 0.750. The van der Waals surface area contributed by atoms with Crippen molar-refractivity contribution in [2.24, 2.45) is 26.9 Å². The van der Waals surface area contributed by atoms with Gasteiger partial charge in [-0.1, -0.05) is 23.2 Å². The fourth-order valence-corrected chi connectivity index (χ4v) is 1.54. The Bertz CT molecular complexity index is 262. The molecule has 0 radical (unpaired) electrons. The summed E-state index contributed by atoms with van der Waals surface area (Å²) in [5, 5.41) is 14.1. The highest BCUT2D eigenvalue weighted by Crippen LogP contribution is 2.09. The van der Waals surface area contributed by atoms with Crippen molar-refractivity contribution < 1.29 is 0 Å². The van der Waals surface area contributed by atoms with Gasteiger partial charge < -0.3 is 16.5 Å². The number of nitrogens with zero attached hydrogens (tertiary/aromatic N) is 4. The van der Waals surface area contributed by atoms with Crippen LogP contribution in [0, 0.1) is 5.41 Å². The van der Waals surface area contributed by atoms with E-state index in [0.29, 0.717) is 0 Å². The minimum Gasteiger partial charge on any atom is -0.366 e. The van der Waals surface area contributed by atoms with E-state index in [1.54, 1.807) is 0 Å². The molecule has 1 aliphatic heterocycles. The first kappa shape index (κ1) is 11.4. The second kappa shape index (κ2) is 5.94. The zero-order chi connectivity index (χ0) is 11.1. The number of likely N-dealkylation sites (tertiary alicyclic amines) is 1. The Morgan fingerprint density at radius 1 is 1.13 bits per heavy atom. The Hall–Kier alpha value is -1.66. The van der Waals surface area contributed by atoms with Gasteiger partial charge in [0.05, 0.1) is 0 Å². The SMILES string of the molecule is N=C(N=C(N)N=NN)N1CCCCCC1. The third kappa shape index (κ3) is 3.92. The molecule has 5 N–H and O–H groups in total. The van der Waals surface area contributed by atoms with Gasteiger partial charge in [-0.25, -0.2) is 0 Å². The molecule has 15 heavy (non-hydrogen) atoms. The molecule has 0 aromatic heterocycles. The van der Waals surface area contributed by atoms with Crippen LogP contribution in [0.2, 0.25) is 0 Å². The Morgan fingerprint density at radius 3 is 2.27 bits per heavy atom. The number of hydrogen-bond acceptors (Lipinski definition) is 2. The van der Waals surface area contributed by atoms with Gasteiger partial charge in [-0.2, -0.15) is 4.99 Å². The van der Waals surface area contributed by atoms with Gasteiger partial charge >= 0.3 is 0 Å². The molecule has 7 heteroatoms. The molecule has 7 nitrogen and oxygen atoms in total. The Morgan fingerprint density at radius 2 is 1.73 bits per heavy atom. The van der Waals surface area contributed by atoms with Crippen molar-refractivity contribution in [3.05, 3.63) is 0 Å². The average molecular weight is 211 g/mol. The van der Waals surface area contributed by atoms with Crippen molar-refractivity contribution in [2.45, 2.75) is 25.7 Å². The van der Waals surface area contributed by atoms with Crippen LogP contribution in [0.5, 0.6) is 0 Å². The molecule has 0 aliphatic carbocycles. The molecule has 0 unspecified atom stereocenters. The zero-order valence-corrected chi connectivity index (χ0v) is 8.69. The minimum atomic E-state index is -0.0771. The summed E-state index contributed by atoms with van der Waals surface area (Å²) >= 11 is 0. The first-order chi connectivity index (χ1) is 7.24. The number of guanidine groups is 2. The van der Waals surface area contributed by atoms with Crippen LogP contribution in [-0.4, -0.2) is 29.9 Å². The molecule has 0 amide bonds. The van der Waals surface area contributed by atoms with Gasteiger partial charge in [0.2, 0.25) is 11.9 Å². The van der Waals surface area contributed by atoms with Gasteiger partial charge in [-0.3, -0.25) is 5.41 Å². The summed E-state index contributed by atoms with van der Waals surface area (Å²) in [5.74, 6) is 4.89. The van der Waals surface area contributed by atoms with Gasteiger partial charge in [0.1, 0.15) is 0 Å². The highest BCUT2D eigenvalue weighted by molar-refractivity contribution is 5.92. The summed E-state index contributed by atoms with van der Waals surface area (Å²) in [4.78, 5) is 5.69. The summed E-state index contributed by atoms with van der Waals surface area (Å²) in [6.45, 7) is 1.71. The lowest BCUT2D eigenvalue weighted by Crippen LogP contribution is -2.31. The predicted molar refractivity (Wildman–Crippen MR) is 58.4 cm³/mol. The van der Waals surface area contributed by atoms with Gasteiger partial charge in [-0.05, 0) is 12.8 Å². The third-order valence-corrected chi connectivity index (χ3v) is 2.29. The molecule has 1 saturated heterocycles. The highest BCUT2D eigenvalue weighted by Gasteiger charge is 2.11. The lowest BCUT2D eigenvalue weighted by molar-refractivity contribution is 0.428. The van der Waals surface area contributed by atoms with Gasteiger partial charge in [0.15, 0.2) is 0 Å². The van der Waals surface area contributed by atoms with Crippen LogP contribution in [0.3, 0.4) is 0 Å². The van der Waals surface area contributed by atoms with E-state index in [1.165, 1.54) is 12.8 Å². The molecule has 0 saturated carbocycles. The molecule has 1 fully saturated rings. The summed E-state index contributed by atoms with van der Waals surface area (Å²) in [5.41, 5.74) is 5.37. The van der Waals surface area contributed by atoms with E-state index in [0.717, 1.165) is 25.9 Å². The maximum atomic E-state index is 7.71. The first-order valence-corrected chi connectivity index (χ1v) is 5.02. The van der Waals surface area contributed by atoms with E-state index in [2.05, 4.69) is 15.3 Å². The Balaban J connectivity index is 2.54. The third-order valence-electron chi connectivity index (χ3n) is 2.29. The van der Waals surface area contributed by atoms with Crippen LogP contribution in [0.15, 0.2) is 15.3 Å². The Kier molecular flexibility index (Phi) is 4.52. The molecule has 1 aliphatic rings. The van der Waals surface area contributed by atoms with Crippen molar-refractivity contribution in [2.75, 3.05) is 13.1 Å². The molecule has 1 heterocycles. The van der Waals surface area contributed by atoms with E-state index >= 15 is 0 Å². The first-order valence-electron chi connectivity index (χ1n) is 5.02. The number of rotatable bonds is 0. The van der Waals surface area contributed by atoms with Crippen molar-refractivity contribution in [3.8, 4) is 0 Å². The van der Waals surface area contributed by atoms with Crippen LogP contribution in [0.4, 0.5) is 0 Å². The normalized spacial score (nSPS) is 19.2. The number of hydrogen-bond donors (Lipinski definition) is 3. The Labute approximate surface area is 88.7 Å². The van der Waals surface area contributed by atoms with E-state index < -0.39 is 0 Å². The zero-order valence-electron chi connectivity index (χ0n) is 8.69. The molecular formula is C8H17N7. The van der Waals surface area contributed by atoms with Gasteiger partial charge in [-0.15, -0.1) is 0 Å². The molecule has 0 spiro atoms. The standard InChI is InChI=1S/C8H17N7/c9-7(13-14-11)12-8(10)15-5-3-1-2-4-6-15/h1-6H2,(H5,9,10,11,12,13). The summed E-state index contributed by atoms with van der Waals surface area (Å²) in [6, 6.07) is 0. The topological polar surface area (TPSA) is 116 Å². The van der Waals surface area contributed by atoms with Crippen LogP contribution in [0.1, 0.15) is 25.7 Å². The van der Waals surface area contributed by atoms with Crippen LogP contribution in [0.25, 0.3) is 0 Å². The van der Waals surface area contributed by atoms with Crippen molar-refractivity contribution in [1.29, 1.82) is 5.41 Å². The molecular weight excluding hydrogens is 194 g/mol. The summed E-state index contributed by atoms with van der Waals surface area (Å²) < 4.78 is 0. The molecule has 0 atom stereocenters. The van der Waals surface area contributed by atoms with E-state index in [9.17, 15) is 0 Å². The molecule has 0 aromatic rings. The number of nitrogens with two attached hydrogens (primary N) is 2. The highest BCUT2D eigenvalue weighted by atomic mass is 15.4. The van der Waals surface area contributed by atoms with Gasteiger partial charge in [0.25, 0.3) is 0 Å². The number of aliphatic imine (C=N–C) groups is 1. The molecule has 0 aromatic carbocycles. The summed E-state index contributed by atoms with van der Waals surface area (Å²) in [6.07, 6.45) is 4.61. The van der Waals surface area contributed by atoms with Crippen LogP contribution in [-0.2, 0) is 0 Å². The lowest BCUT2D eigenvalue weighted by atomic mass is 10.2. The monoisotopic (exact) mass is 211 g/mol. The minimum absolute atomic E-state index is 0.0771. The maximum absolute atomic E-state index is 7.71. The average Bonchev–Trinajstić information content (AvgIpc) is 2.45.